The van der Waals surface area contributed by atoms with Crippen molar-refractivity contribution >= 4 is 11.5 Å². The zero-order chi connectivity index (χ0) is 24.1. The Labute approximate surface area is 201 Å². The van der Waals surface area contributed by atoms with Crippen molar-refractivity contribution in [3.8, 4) is 11.5 Å². The molecule has 178 valence electrons. The molecule has 0 aliphatic heterocycles. The first-order valence-electron chi connectivity index (χ1n) is 11.8. The van der Waals surface area contributed by atoms with Gasteiger partial charge in [-0.05, 0) is 78.3 Å². The molecule has 3 aromatic carbocycles. The Bertz CT molecular complexity index is 1080. The van der Waals surface area contributed by atoms with E-state index in [-0.39, 0.29) is 17.5 Å². The Morgan fingerprint density at radius 2 is 1.47 bits per heavy atom. The van der Waals surface area contributed by atoms with Gasteiger partial charge in [-0.25, -0.2) is 4.39 Å². The molecule has 4 nitrogen and oxygen atoms in total. The normalized spacial score (nSPS) is 15.8. The van der Waals surface area contributed by atoms with Crippen molar-refractivity contribution in [1.82, 2.24) is 0 Å². The molecule has 34 heavy (non-hydrogen) atoms. The molecule has 0 radical (unpaired) electrons. The molecule has 1 saturated carbocycles. The second-order valence-electron chi connectivity index (χ2n) is 9.07. The molecule has 1 atom stereocenters. The SMILES string of the molecule is COc1ccc(CN(Cc2ccc(OC)cc2)c2cc(C)cc(C3CCCC(=O)C3)c2F)cc1. The molecule has 0 N–H and O–H groups in total. The molecule has 1 aliphatic rings. The number of hydrogen-bond acceptors (Lipinski definition) is 4. The highest BCUT2D eigenvalue weighted by Crippen LogP contribution is 2.37. The van der Waals surface area contributed by atoms with Gasteiger partial charge < -0.3 is 14.4 Å². The number of ether oxygens (including phenoxy) is 2. The van der Waals surface area contributed by atoms with Gasteiger partial charge in [-0.1, -0.05) is 30.3 Å². The number of benzene rings is 3. The van der Waals surface area contributed by atoms with Gasteiger partial charge in [0.15, 0.2) is 0 Å². The van der Waals surface area contributed by atoms with Gasteiger partial charge in [0.2, 0.25) is 0 Å². The molecule has 4 rings (SSSR count). The quantitative estimate of drug-likeness (QED) is 0.380. The number of hydrogen-bond donors (Lipinski definition) is 0. The maximum atomic E-state index is 16.1. The number of methoxy groups -OCH3 is 2. The highest BCUT2D eigenvalue weighted by atomic mass is 19.1. The fraction of sp³-hybridized carbons (Fsp3) is 0.345. The molecule has 3 aromatic rings. The first-order chi connectivity index (χ1) is 16.5. The van der Waals surface area contributed by atoms with Crippen LogP contribution in [-0.2, 0) is 17.9 Å². The summed E-state index contributed by atoms with van der Waals surface area (Å²) >= 11 is 0. The largest absolute Gasteiger partial charge is 0.497 e. The zero-order valence-corrected chi connectivity index (χ0v) is 20.1. The van der Waals surface area contributed by atoms with Gasteiger partial charge >= 0.3 is 0 Å². The number of carbonyl (C=O) groups is 1. The monoisotopic (exact) mass is 461 g/mol. The van der Waals surface area contributed by atoms with Gasteiger partial charge in [0.25, 0.3) is 0 Å². The number of ketones is 1. The van der Waals surface area contributed by atoms with Crippen LogP contribution in [0.15, 0.2) is 60.7 Å². The summed E-state index contributed by atoms with van der Waals surface area (Å²) in [5, 5.41) is 0. The fourth-order valence-electron chi connectivity index (χ4n) is 4.72. The van der Waals surface area contributed by atoms with E-state index in [2.05, 4.69) is 4.90 Å². The third-order valence-corrected chi connectivity index (χ3v) is 6.55. The number of rotatable bonds is 8. The number of aryl methyl sites for hydroxylation is 1. The van der Waals surface area contributed by atoms with Crippen LogP contribution in [0, 0.1) is 12.7 Å². The van der Waals surface area contributed by atoms with E-state index in [9.17, 15) is 4.79 Å². The minimum atomic E-state index is -0.215. The molecule has 1 fully saturated rings. The van der Waals surface area contributed by atoms with Gasteiger partial charge in [-0.15, -0.1) is 0 Å². The lowest BCUT2D eigenvalue weighted by atomic mass is 9.82. The Balaban J connectivity index is 1.71. The summed E-state index contributed by atoms with van der Waals surface area (Å²) in [6.07, 6.45) is 2.71. The number of nitrogens with zero attached hydrogens (tertiary/aromatic N) is 1. The molecule has 0 saturated heterocycles. The fourth-order valence-corrected chi connectivity index (χ4v) is 4.72. The highest BCUT2D eigenvalue weighted by Gasteiger charge is 2.26. The highest BCUT2D eigenvalue weighted by molar-refractivity contribution is 5.80. The second kappa shape index (κ2) is 10.7. The molecule has 0 bridgehead atoms. The molecule has 0 aromatic heterocycles. The van der Waals surface area contributed by atoms with E-state index in [0.29, 0.717) is 37.2 Å². The summed E-state index contributed by atoms with van der Waals surface area (Å²) < 4.78 is 26.6. The van der Waals surface area contributed by atoms with E-state index >= 15 is 4.39 Å². The standard InChI is InChI=1S/C29H32FNO3/c1-20-15-27(23-5-4-6-24(32)17-23)29(30)28(16-20)31(18-21-7-11-25(33-2)12-8-21)19-22-9-13-26(34-3)14-10-22/h7-16,23H,4-6,17-19H2,1-3H3. The summed E-state index contributed by atoms with van der Waals surface area (Å²) in [6, 6.07) is 19.6. The molecular weight excluding hydrogens is 429 g/mol. The van der Waals surface area contributed by atoms with Crippen molar-refractivity contribution in [3.05, 3.63) is 88.7 Å². The van der Waals surface area contributed by atoms with Crippen LogP contribution >= 0.6 is 0 Å². The molecule has 0 spiro atoms. The van der Waals surface area contributed by atoms with E-state index in [0.717, 1.165) is 41.0 Å². The number of carbonyl (C=O) groups excluding carboxylic acids is 1. The van der Waals surface area contributed by atoms with Crippen LogP contribution in [0.3, 0.4) is 0 Å². The molecule has 1 unspecified atom stereocenters. The van der Waals surface area contributed by atoms with Crippen molar-refractivity contribution < 1.29 is 18.7 Å². The minimum Gasteiger partial charge on any atom is -0.497 e. The maximum absolute atomic E-state index is 16.1. The van der Waals surface area contributed by atoms with Crippen molar-refractivity contribution in [2.45, 2.75) is 51.6 Å². The number of anilines is 1. The Morgan fingerprint density at radius 1 is 0.912 bits per heavy atom. The molecular formula is C29H32FNO3. The summed E-state index contributed by atoms with van der Waals surface area (Å²) in [4.78, 5) is 14.2. The van der Waals surface area contributed by atoms with Crippen molar-refractivity contribution in [1.29, 1.82) is 0 Å². The lowest BCUT2D eigenvalue weighted by Gasteiger charge is -2.29. The third kappa shape index (κ3) is 5.58. The smallest absolute Gasteiger partial charge is 0.150 e. The lowest BCUT2D eigenvalue weighted by molar-refractivity contribution is -0.120. The predicted octanol–water partition coefficient (Wildman–Crippen LogP) is 6.58. The van der Waals surface area contributed by atoms with E-state index in [1.54, 1.807) is 14.2 Å². The molecule has 5 heteroatoms. The van der Waals surface area contributed by atoms with Crippen LogP contribution in [0.2, 0.25) is 0 Å². The predicted molar refractivity (Wildman–Crippen MR) is 133 cm³/mol. The molecule has 1 aliphatic carbocycles. The summed E-state index contributed by atoms with van der Waals surface area (Å²) in [5.41, 5.74) is 4.35. The number of halogens is 1. The van der Waals surface area contributed by atoms with Gasteiger partial charge in [-0.3, -0.25) is 4.79 Å². The first kappa shape index (κ1) is 23.8. The van der Waals surface area contributed by atoms with Crippen LogP contribution in [0.5, 0.6) is 11.5 Å². The Morgan fingerprint density at radius 3 is 1.97 bits per heavy atom. The topological polar surface area (TPSA) is 38.8 Å². The number of Topliss-reactive ketones (excluding diaryl/α,β-unsaturated/α-hetero) is 1. The van der Waals surface area contributed by atoms with Gasteiger partial charge in [0.05, 0.1) is 19.9 Å². The van der Waals surface area contributed by atoms with Crippen LogP contribution in [-0.4, -0.2) is 20.0 Å². The summed E-state index contributed by atoms with van der Waals surface area (Å²) in [5.74, 6) is 1.54. The second-order valence-corrected chi connectivity index (χ2v) is 9.07. The van der Waals surface area contributed by atoms with Crippen molar-refractivity contribution in [2.24, 2.45) is 0 Å². The van der Waals surface area contributed by atoms with Crippen LogP contribution < -0.4 is 14.4 Å². The maximum Gasteiger partial charge on any atom is 0.150 e. The summed E-state index contributed by atoms with van der Waals surface area (Å²) in [6.45, 7) is 3.08. The molecule has 0 amide bonds. The third-order valence-electron chi connectivity index (χ3n) is 6.55. The average molecular weight is 462 g/mol. The van der Waals surface area contributed by atoms with E-state index < -0.39 is 0 Å². The van der Waals surface area contributed by atoms with Crippen LogP contribution in [0.1, 0.15) is 53.9 Å². The molecule has 0 heterocycles. The average Bonchev–Trinajstić information content (AvgIpc) is 2.85. The van der Waals surface area contributed by atoms with Gasteiger partial charge in [0.1, 0.15) is 23.1 Å². The van der Waals surface area contributed by atoms with Crippen LogP contribution in [0.4, 0.5) is 10.1 Å². The van der Waals surface area contributed by atoms with Crippen molar-refractivity contribution in [3.63, 3.8) is 0 Å². The van der Waals surface area contributed by atoms with Crippen molar-refractivity contribution in [2.75, 3.05) is 19.1 Å². The van der Waals surface area contributed by atoms with Gasteiger partial charge in [-0.2, -0.15) is 0 Å². The summed E-state index contributed by atoms with van der Waals surface area (Å²) in [7, 11) is 3.29. The van der Waals surface area contributed by atoms with Crippen LogP contribution in [0.25, 0.3) is 0 Å². The Hall–Kier alpha value is -3.34. The zero-order valence-electron chi connectivity index (χ0n) is 20.1. The van der Waals surface area contributed by atoms with E-state index in [1.807, 2.05) is 67.6 Å². The minimum absolute atomic E-state index is 0.0521. The lowest BCUT2D eigenvalue weighted by Crippen LogP contribution is -2.24. The van der Waals surface area contributed by atoms with E-state index in [1.165, 1.54) is 0 Å². The Kier molecular flexibility index (Phi) is 7.51. The van der Waals surface area contributed by atoms with Gasteiger partial charge in [0, 0.05) is 25.9 Å². The van der Waals surface area contributed by atoms with E-state index in [4.69, 9.17) is 9.47 Å². The first-order valence-corrected chi connectivity index (χ1v) is 11.8.